The van der Waals surface area contributed by atoms with Gasteiger partial charge < -0.3 is 4.98 Å². The molecule has 1 aliphatic heterocycles. The first-order valence-electron chi connectivity index (χ1n) is 5.83. The number of aromatic nitrogens is 1. The van der Waals surface area contributed by atoms with E-state index >= 15 is 0 Å². The van der Waals surface area contributed by atoms with Crippen molar-refractivity contribution in [2.75, 3.05) is 0 Å². The number of aromatic amines is 1. The predicted octanol–water partition coefficient (Wildman–Crippen LogP) is 4.38. The summed E-state index contributed by atoms with van der Waals surface area (Å²) in [6.45, 7) is 0. The second-order valence-corrected chi connectivity index (χ2v) is 5.29. The van der Waals surface area contributed by atoms with Crippen LogP contribution in [-0.2, 0) is 0 Å². The molecule has 0 bridgehead atoms. The Hall–Kier alpha value is -2.00. The number of hydrogen-bond acceptors (Lipinski definition) is 2. The van der Waals surface area contributed by atoms with Gasteiger partial charge in [-0.25, -0.2) is 0 Å². The van der Waals surface area contributed by atoms with Gasteiger partial charge in [-0.3, -0.25) is 4.99 Å². The summed E-state index contributed by atoms with van der Waals surface area (Å²) in [7, 11) is 0. The van der Waals surface area contributed by atoms with E-state index in [1.54, 1.807) is 11.8 Å². The van der Waals surface area contributed by atoms with Crippen molar-refractivity contribution in [1.29, 1.82) is 0 Å². The third kappa shape index (κ3) is 1.41. The quantitative estimate of drug-likeness (QED) is 0.492. The van der Waals surface area contributed by atoms with Crippen molar-refractivity contribution in [2.24, 2.45) is 4.99 Å². The Morgan fingerprint density at radius 2 is 1.78 bits per heavy atom. The van der Waals surface area contributed by atoms with Gasteiger partial charge in [-0.05, 0) is 18.2 Å². The van der Waals surface area contributed by atoms with Gasteiger partial charge >= 0.3 is 0 Å². The van der Waals surface area contributed by atoms with Gasteiger partial charge in [-0.15, -0.1) is 0 Å². The number of hydrogen-bond donors (Lipinski definition) is 1. The molecule has 0 atom stereocenters. The van der Waals surface area contributed by atoms with Gasteiger partial charge in [0.1, 0.15) is 0 Å². The molecular formula is C15H10N2S. The molecule has 0 saturated carbocycles. The number of para-hydroxylation sites is 2. The van der Waals surface area contributed by atoms with Gasteiger partial charge in [0.2, 0.25) is 0 Å². The molecule has 4 rings (SSSR count). The van der Waals surface area contributed by atoms with Crippen LogP contribution in [0.1, 0.15) is 5.69 Å². The highest BCUT2D eigenvalue weighted by Gasteiger charge is 2.15. The molecule has 2 heterocycles. The average molecular weight is 250 g/mol. The van der Waals surface area contributed by atoms with E-state index in [-0.39, 0.29) is 0 Å². The number of rotatable bonds is 0. The minimum Gasteiger partial charge on any atom is -0.353 e. The topological polar surface area (TPSA) is 28.1 Å². The molecule has 2 aromatic carbocycles. The highest BCUT2D eigenvalue weighted by Crippen LogP contribution is 2.42. The van der Waals surface area contributed by atoms with Gasteiger partial charge in [-0.2, -0.15) is 0 Å². The molecule has 0 amide bonds. The fourth-order valence-electron chi connectivity index (χ4n) is 2.23. The number of fused-ring (bicyclic) bond motifs is 4. The minimum absolute atomic E-state index is 1.04. The third-order valence-corrected chi connectivity index (χ3v) is 4.30. The fourth-order valence-corrected chi connectivity index (χ4v) is 3.33. The number of H-pyrrole nitrogens is 1. The zero-order valence-electron chi connectivity index (χ0n) is 9.55. The summed E-state index contributed by atoms with van der Waals surface area (Å²) in [6, 6.07) is 16.6. The lowest BCUT2D eigenvalue weighted by molar-refractivity contribution is 1.37. The molecule has 3 heteroatoms. The first-order chi connectivity index (χ1) is 8.92. The molecule has 1 N–H and O–H groups in total. The number of benzene rings is 2. The van der Waals surface area contributed by atoms with E-state index < -0.39 is 0 Å². The molecule has 2 nitrogen and oxygen atoms in total. The van der Waals surface area contributed by atoms with Crippen LogP contribution in [0.2, 0.25) is 0 Å². The van der Waals surface area contributed by atoms with E-state index in [4.69, 9.17) is 0 Å². The number of nitrogens with one attached hydrogen (secondary N) is 1. The molecule has 0 radical (unpaired) electrons. The summed E-state index contributed by atoms with van der Waals surface area (Å²) >= 11 is 1.78. The zero-order valence-corrected chi connectivity index (χ0v) is 10.4. The standard InChI is InChI=1S/C15H10N2S/c1-2-6-11-10(5-1)15-13(17-11)9-16-12-7-3-4-8-14(12)18-15/h1-9,17H. The van der Waals surface area contributed by atoms with Gasteiger partial charge in [0.25, 0.3) is 0 Å². The molecular weight excluding hydrogens is 240 g/mol. The lowest BCUT2D eigenvalue weighted by Gasteiger charge is -2.01. The molecule has 3 aromatic rings. The average Bonchev–Trinajstić information content (AvgIpc) is 2.65. The highest BCUT2D eigenvalue weighted by molar-refractivity contribution is 7.99. The Labute approximate surface area is 109 Å². The Bertz CT molecular complexity index is 771. The van der Waals surface area contributed by atoms with Gasteiger partial charge in [0.15, 0.2) is 0 Å². The van der Waals surface area contributed by atoms with Crippen LogP contribution < -0.4 is 0 Å². The summed E-state index contributed by atoms with van der Waals surface area (Å²) in [4.78, 5) is 10.4. The Balaban J connectivity index is 2.01. The monoisotopic (exact) mass is 250 g/mol. The fraction of sp³-hybridized carbons (Fsp3) is 0. The van der Waals surface area contributed by atoms with Crippen molar-refractivity contribution in [3.05, 3.63) is 54.2 Å². The van der Waals surface area contributed by atoms with E-state index in [2.05, 4.69) is 40.3 Å². The molecule has 86 valence electrons. The number of aliphatic imine (C=N–C) groups is 1. The van der Waals surface area contributed by atoms with Crippen molar-refractivity contribution in [3.8, 4) is 0 Å². The van der Waals surface area contributed by atoms with Crippen LogP contribution in [0, 0.1) is 0 Å². The molecule has 1 aromatic heterocycles. The van der Waals surface area contributed by atoms with Crippen molar-refractivity contribution >= 4 is 34.6 Å². The maximum Gasteiger partial charge on any atom is 0.0769 e. The normalized spacial score (nSPS) is 13.1. The largest absolute Gasteiger partial charge is 0.353 e. The van der Waals surface area contributed by atoms with Crippen LogP contribution >= 0.6 is 11.8 Å². The van der Waals surface area contributed by atoms with Crippen molar-refractivity contribution < 1.29 is 0 Å². The van der Waals surface area contributed by atoms with Crippen LogP contribution in [0.4, 0.5) is 5.69 Å². The van der Waals surface area contributed by atoms with E-state index in [9.17, 15) is 0 Å². The second kappa shape index (κ2) is 3.75. The molecule has 0 unspecified atom stereocenters. The van der Waals surface area contributed by atoms with Crippen LogP contribution in [0.25, 0.3) is 10.9 Å². The zero-order chi connectivity index (χ0) is 11.9. The summed E-state index contributed by atoms with van der Waals surface area (Å²) in [5.41, 5.74) is 3.30. The maximum atomic E-state index is 4.55. The molecule has 1 aliphatic rings. The first kappa shape index (κ1) is 9.97. The molecule has 0 fully saturated rings. The van der Waals surface area contributed by atoms with Crippen molar-refractivity contribution in [2.45, 2.75) is 9.79 Å². The third-order valence-electron chi connectivity index (χ3n) is 3.10. The van der Waals surface area contributed by atoms with E-state index in [0.717, 1.165) is 11.4 Å². The van der Waals surface area contributed by atoms with Crippen molar-refractivity contribution in [1.82, 2.24) is 4.98 Å². The second-order valence-electron chi connectivity index (χ2n) is 4.24. The van der Waals surface area contributed by atoms with Crippen molar-refractivity contribution in [3.63, 3.8) is 0 Å². The molecule has 0 saturated heterocycles. The lowest BCUT2D eigenvalue weighted by atomic mass is 10.2. The Kier molecular flexibility index (Phi) is 2.08. The summed E-state index contributed by atoms with van der Waals surface area (Å²) in [6.07, 6.45) is 1.92. The smallest absolute Gasteiger partial charge is 0.0769 e. The Morgan fingerprint density at radius 1 is 0.944 bits per heavy atom. The van der Waals surface area contributed by atoms with E-state index in [1.807, 2.05) is 24.4 Å². The highest BCUT2D eigenvalue weighted by atomic mass is 32.2. The Morgan fingerprint density at radius 3 is 2.78 bits per heavy atom. The van der Waals surface area contributed by atoms with Crippen LogP contribution in [-0.4, -0.2) is 11.2 Å². The van der Waals surface area contributed by atoms with Gasteiger partial charge in [0, 0.05) is 20.7 Å². The molecule has 0 spiro atoms. The maximum absolute atomic E-state index is 4.55. The van der Waals surface area contributed by atoms with E-state index in [0.29, 0.717) is 0 Å². The first-order valence-corrected chi connectivity index (χ1v) is 6.65. The molecule has 18 heavy (non-hydrogen) atoms. The summed E-state index contributed by atoms with van der Waals surface area (Å²) < 4.78 is 0. The minimum atomic E-state index is 1.04. The number of nitrogens with zero attached hydrogens (tertiary/aromatic N) is 1. The van der Waals surface area contributed by atoms with Crippen LogP contribution in [0.15, 0.2) is 63.3 Å². The van der Waals surface area contributed by atoms with Crippen LogP contribution in [0.5, 0.6) is 0 Å². The predicted molar refractivity (Wildman–Crippen MR) is 76.1 cm³/mol. The van der Waals surface area contributed by atoms with Gasteiger partial charge in [-0.1, -0.05) is 42.1 Å². The molecule has 0 aliphatic carbocycles. The van der Waals surface area contributed by atoms with Gasteiger partial charge in [0.05, 0.1) is 17.6 Å². The summed E-state index contributed by atoms with van der Waals surface area (Å²) in [5.74, 6) is 0. The lowest BCUT2D eigenvalue weighted by Crippen LogP contribution is -1.79. The van der Waals surface area contributed by atoms with Crippen LogP contribution in [0.3, 0.4) is 0 Å². The summed E-state index contributed by atoms with van der Waals surface area (Å²) in [5, 5.41) is 1.26. The van der Waals surface area contributed by atoms with E-state index in [1.165, 1.54) is 20.7 Å². The SMILES string of the molecule is C1=Nc2ccccc2Sc2c1[nH]c1ccccc21.